The zero-order chi connectivity index (χ0) is 9.14. The molecule has 0 atom stereocenters. The maximum Gasteiger partial charge on any atom is 0.171 e. The van der Waals surface area contributed by atoms with E-state index in [4.69, 9.17) is 0 Å². The fourth-order valence-electron chi connectivity index (χ4n) is 1.15. The molecule has 0 unspecified atom stereocenters. The van der Waals surface area contributed by atoms with Crippen molar-refractivity contribution in [2.45, 2.75) is 33.6 Å². The molecule has 0 spiro atoms. The summed E-state index contributed by atoms with van der Waals surface area (Å²) in [6.45, 7) is 5.64. The predicted molar refractivity (Wildman–Crippen MR) is 50.9 cm³/mol. The first-order valence-corrected chi connectivity index (χ1v) is 4.94. The van der Waals surface area contributed by atoms with Crippen LogP contribution >= 0.6 is 11.3 Å². The van der Waals surface area contributed by atoms with Crippen molar-refractivity contribution in [2.24, 2.45) is 0 Å². The van der Waals surface area contributed by atoms with Crippen molar-refractivity contribution in [1.82, 2.24) is 4.98 Å². The fourth-order valence-corrected chi connectivity index (χ4v) is 2.01. The highest BCUT2D eigenvalue weighted by Gasteiger charge is 2.11. The second kappa shape index (κ2) is 3.81. The van der Waals surface area contributed by atoms with Crippen molar-refractivity contribution >= 4 is 17.1 Å². The molecule has 0 fully saturated rings. The standard InChI is InChI=1S/C9H13NOS/c1-4-5-8-9(6(2)11)12-7(3)10-8/h4-5H2,1-3H3. The zero-order valence-corrected chi connectivity index (χ0v) is 8.49. The summed E-state index contributed by atoms with van der Waals surface area (Å²) in [5, 5.41) is 0.989. The summed E-state index contributed by atoms with van der Waals surface area (Å²) >= 11 is 1.50. The summed E-state index contributed by atoms with van der Waals surface area (Å²) in [5.41, 5.74) is 0.979. The lowest BCUT2D eigenvalue weighted by Crippen LogP contribution is -1.95. The molecule has 0 aliphatic rings. The van der Waals surface area contributed by atoms with Gasteiger partial charge in [-0.25, -0.2) is 4.98 Å². The van der Waals surface area contributed by atoms with Gasteiger partial charge in [-0.15, -0.1) is 11.3 Å². The summed E-state index contributed by atoms with van der Waals surface area (Å²) < 4.78 is 0. The van der Waals surface area contributed by atoms with Crippen LogP contribution < -0.4 is 0 Å². The van der Waals surface area contributed by atoms with Crippen molar-refractivity contribution in [3.05, 3.63) is 15.6 Å². The van der Waals surface area contributed by atoms with Crippen LogP contribution in [0.2, 0.25) is 0 Å². The van der Waals surface area contributed by atoms with E-state index in [0.717, 1.165) is 28.4 Å². The van der Waals surface area contributed by atoms with Gasteiger partial charge in [0.05, 0.1) is 15.6 Å². The number of hydrogen-bond donors (Lipinski definition) is 0. The van der Waals surface area contributed by atoms with Gasteiger partial charge < -0.3 is 0 Å². The van der Waals surface area contributed by atoms with Crippen molar-refractivity contribution in [2.75, 3.05) is 0 Å². The van der Waals surface area contributed by atoms with Crippen LogP contribution in [0.1, 0.15) is 40.6 Å². The molecule has 0 saturated carbocycles. The van der Waals surface area contributed by atoms with Gasteiger partial charge in [0, 0.05) is 6.92 Å². The molecule has 0 aromatic carbocycles. The molecule has 0 N–H and O–H groups in total. The average molecular weight is 183 g/mol. The number of Topliss-reactive ketones (excluding diaryl/α,β-unsaturated/α-hetero) is 1. The van der Waals surface area contributed by atoms with Crippen LogP contribution in [0.15, 0.2) is 0 Å². The van der Waals surface area contributed by atoms with Crippen LogP contribution in [0.5, 0.6) is 0 Å². The third kappa shape index (κ3) is 1.91. The molecular formula is C9H13NOS. The highest BCUT2D eigenvalue weighted by atomic mass is 32.1. The van der Waals surface area contributed by atoms with Gasteiger partial charge in [-0.2, -0.15) is 0 Å². The highest BCUT2D eigenvalue weighted by molar-refractivity contribution is 7.13. The third-order valence-electron chi connectivity index (χ3n) is 1.61. The first-order chi connectivity index (χ1) is 5.65. The second-order valence-corrected chi connectivity index (χ2v) is 4.02. The first-order valence-electron chi connectivity index (χ1n) is 4.12. The minimum absolute atomic E-state index is 0.143. The summed E-state index contributed by atoms with van der Waals surface area (Å²) in [6.07, 6.45) is 1.96. The average Bonchev–Trinajstić information content (AvgIpc) is 2.32. The van der Waals surface area contributed by atoms with Gasteiger partial charge in [0.2, 0.25) is 0 Å². The molecular weight excluding hydrogens is 170 g/mol. The van der Waals surface area contributed by atoms with E-state index in [1.807, 2.05) is 6.92 Å². The monoisotopic (exact) mass is 183 g/mol. The SMILES string of the molecule is CCCc1nc(C)sc1C(C)=O. The molecule has 0 saturated heterocycles. The third-order valence-corrected chi connectivity index (χ3v) is 2.72. The zero-order valence-electron chi connectivity index (χ0n) is 7.68. The fraction of sp³-hybridized carbons (Fsp3) is 0.556. The van der Waals surface area contributed by atoms with Crippen LogP contribution in [-0.2, 0) is 6.42 Å². The topological polar surface area (TPSA) is 30.0 Å². The molecule has 0 radical (unpaired) electrons. The molecule has 1 aromatic heterocycles. The van der Waals surface area contributed by atoms with E-state index in [1.165, 1.54) is 11.3 Å². The van der Waals surface area contributed by atoms with Crippen molar-refractivity contribution in [1.29, 1.82) is 0 Å². The van der Waals surface area contributed by atoms with Crippen LogP contribution in [0.3, 0.4) is 0 Å². The van der Waals surface area contributed by atoms with Crippen molar-refractivity contribution in [3.63, 3.8) is 0 Å². The maximum atomic E-state index is 11.1. The van der Waals surface area contributed by atoms with E-state index in [0.29, 0.717) is 0 Å². The number of nitrogens with zero attached hydrogens (tertiary/aromatic N) is 1. The molecule has 1 rings (SSSR count). The molecule has 0 aliphatic heterocycles. The molecule has 0 aliphatic carbocycles. The summed E-state index contributed by atoms with van der Waals surface area (Å²) in [5.74, 6) is 0.143. The number of carbonyl (C=O) groups excluding carboxylic acids is 1. The van der Waals surface area contributed by atoms with Gasteiger partial charge in [0.25, 0.3) is 0 Å². The number of hydrogen-bond acceptors (Lipinski definition) is 3. The van der Waals surface area contributed by atoms with Gasteiger partial charge in [0.15, 0.2) is 5.78 Å². The Balaban J connectivity index is 2.99. The second-order valence-electron chi connectivity index (χ2n) is 2.81. The van der Waals surface area contributed by atoms with E-state index in [9.17, 15) is 4.79 Å². The Morgan fingerprint density at radius 1 is 1.58 bits per heavy atom. The molecule has 1 aromatic rings. The van der Waals surface area contributed by atoms with E-state index in [2.05, 4.69) is 11.9 Å². The van der Waals surface area contributed by atoms with Crippen LogP contribution in [0.4, 0.5) is 0 Å². The Morgan fingerprint density at radius 2 is 2.25 bits per heavy atom. The Hall–Kier alpha value is -0.700. The summed E-state index contributed by atoms with van der Waals surface area (Å²) in [6, 6.07) is 0. The van der Waals surface area contributed by atoms with E-state index < -0.39 is 0 Å². The van der Waals surface area contributed by atoms with Crippen molar-refractivity contribution in [3.8, 4) is 0 Å². The number of carbonyl (C=O) groups is 1. The van der Waals surface area contributed by atoms with E-state index in [1.54, 1.807) is 6.92 Å². The van der Waals surface area contributed by atoms with Crippen LogP contribution in [0, 0.1) is 6.92 Å². The summed E-state index contributed by atoms with van der Waals surface area (Å²) in [7, 11) is 0. The highest BCUT2D eigenvalue weighted by Crippen LogP contribution is 2.19. The number of aromatic nitrogens is 1. The van der Waals surface area contributed by atoms with E-state index >= 15 is 0 Å². The largest absolute Gasteiger partial charge is 0.294 e. The minimum atomic E-state index is 0.143. The Labute approximate surface area is 76.6 Å². The smallest absolute Gasteiger partial charge is 0.171 e. The molecule has 0 bridgehead atoms. The van der Waals surface area contributed by atoms with Gasteiger partial charge in [-0.3, -0.25) is 4.79 Å². The van der Waals surface area contributed by atoms with E-state index in [-0.39, 0.29) is 5.78 Å². The van der Waals surface area contributed by atoms with Gasteiger partial charge in [0.1, 0.15) is 0 Å². The first kappa shape index (κ1) is 9.39. The lowest BCUT2D eigenvalue weighted by Gasteiger charge is -1.93. The summed E-state index contributed by atoms with van der Waals surface area (Å²) in [4.78, 5) is 16.3. The van der Waals surface area contributed by atoms with Crippen LogP contribution in [0.25, 0.3) is 0 Å². The number of thiazole rings is 1. The van der Waals surface area contributed by atoms with Gasteiger partial charge >= 0.3 is 0 Å². The Bertz CT molecular complexity index is 291. The predicted octanol–water partition coefficient (Wildman–Crippen LogP) is 2.61. The molecule has 0 amide bonds. The molecule has 66 valence electrons. The molecule has 1 heterocycles. The van der Waals surface area contributed by atoms with Crippen molar-refractivity contribution < 1.29 is 4.79 Å². The number of ketones is 1. The molecule has 3 heteroatoms. The quantitative estimate of drug-likeness (QED) is 0.674. The minimum Gasteiger partial charge on any atom is -0.294 e. The number of rotatable bonds is 3. The van der Waals surface area contributed by atoms with Gasteiger partial charge in [-0.1, -0.05) is 13.3 Å². The molecule has 12 heavy (non-hydrogen) atoms. The lowest BCUT2D eigenvalue weighted by molar-refractivity contribution is 0.102. The molecule has 2 nitrogen and oxygen atoms in total. The maximum absolute atomic E-state index is 11.1. The normalized spacial score (nSPS) is 10.2. The van der Waals surface area contributed by atoms with Gasteiger partial charge in [-0.05, 0) is 13.3 Å². The van der Waals surface area contributed by atoms with Crippen LogP contribution in [-0.4, -0.2) is 10.8 Å². The lowest BCUT2D eigenvalue weighted by atomic mass is 10.2. The Morgan fingerprint density at radius 3 is 2.75 bits per heavy atom. The number of aryl methyl sites for hydroxylation is 2. The Kier molecular flexibility index (Phi) is 2.98.